The summed E-state index contributed by atoms with van der Waals surface area (Å²) in [5.41, 5.74) is 0. The van der Waals surface area contributed by atoms with Crippen molar-refractivity contribution in [1.82, 2.24) is 0 Å². The van der Waals surface area contributed by atoms with E-state index in [-0.39, 0.29) is 23.2 Å². The van der Waals surface area contributed by atoms with E-state index in [0.29, 0.717) is 4.88 Å². The number of carbonyl (C=O) groups is 1. The fraction of sp³-hybridized carbons (Fsp3) is 0.0833. The molecule has 1 aromatic heterocycles. The largest absolute Gasteiger partial charge is 0.482 e. The number of ether oxygens (including phenoxy) is 1. The molecule has 6 heteroatoms. The minimum Gasteiger partial charge on any atom is -0.482 e. The van der Waals surface area contributed by atoms with Gasteiger partial charge in [-0.1, -0.05) is 17.7 Å². The monoisotopic (exact) mass is 348 g/mol. The highest BCUT2D eigenvalue weighted by molar-refractivity contribution is 9.11. The van der Waals surface area contributed by atoms with Crippen LogP contribution in [0.25, 0.3) is 0 Å². The summed E-state index contributed by atoms with van der Waals surface area (Å²) in [6, 6.07) is 7.88. The molecule has 0 aliphatic heterocycles. The number of thiophene rings is 1. The van der Waals surface area contributed by atoms with E-state index >= 15 is 0 Å². The number of Topliss-reactive ketones (excluding diaryl/α,β-unsaturated/α-hetero) is 1. The Morgan fingerprint density at radius 2 is 2.17 bits per heavy atom. The van der Waals surface area contributed by atoms with Gasteiger partial charge in [0.25, 0.3) is 0 Å². The standard InChI is InChI=1S/C12H7BrClFO2S/c13-11-5-4-10(18-11)8(16)6-17-9-3-1-2-7(14)12(9)15/h1-5H,6H2. The van der Waals surface area contributed by atoms with Gasteiger partial charge in [0.05, 0.1) is 13.7 Å². The minimum absolute atomic E-state index is 0.0218. The maximum Gasteiger partial charge on any atom is 0.210 e. The summed E-state index contributed by atoms with van der Waals surface area (Å²) >= 11 is 10.2. The van der Waals surface area contributed by atoms with Crippen molar-refractivity contribution < 1.29 is 13.9 Å². The predicted octanol–water partition coefficient (Wildman–Crippen LogP) is 4.56. The molecule has 0 aliphatic carbocycles. The van der Waals surface area contributed by atoms with Gasteiger partial charge in [-0.2, -0.15) is 0 Å². The molecule has 0 bridgehead atoms. The summed E-state index contributed by atoms with van der Waals surface area (Å²) in [4.78, 5) is 12.3. The number of hydrogen-bond donors (Lipinski definition) is 0. The van der Waals surface area contributed by atoms with Crippen LogP contribution >= 0.6 is 38.9 Å². The highest BCUT2D eigenvalue weighted by Crippen LogP contribution is 2.25. The molecule has 94 valence electrons. The first-order valence-electron chi connectivity index (χ1n) is 4.93. The number of carbonyl (C=O) groups excluding carboxylic acids is 1. The Morgan fingerprint density at radius 3 is 2.83 bits per heavy atom. The number of hydrogen-bond acceptors (Lipinski definition) is 3. The normalized spacial score (nSPS) is 10.4. The summed E-state index contributed by atoms with van der Waals surface area (Å²) in [7, 11) is 0. The van der Waals surface area contributed by atoms with Gasteiger partial charge in [-0.25, -0.2) is 4.39 Å². The van der Waals surface area contributed by atoms with Crippen LogP contribution in [0, 0.1) is 5.82 Å². The van der Waals surface area contributed by atoms with Crippen LogP contribution in [-0.2, 0) is 0 Å². The van der Waals surface area contributed by atoms with Gasteiger partial charge in [0, 0.05) is 0 Å². The Hall–Kier alpha value is -0.910. The molecule has 0 aliphatic rings. The van der Waals surface area contributed by atoms with E-state index in [1.165, 1.54) is 23.5 Å². The fourth-order valence-corrected chi connectivity index (χ4v) is 2.75. The molecule has 0 atom stereocenters. The summed E-state index contributed by atoms with van der Waals surface area (Å²) < 4.78 is 19.5. The van der Waals surface area contributed by atoms with Gasteiger partial charge in [-0.3, -0.25) is 4.79 Å². The SMILES string of the molecule is O=C(COc1cccc(Cl)c1F)c1ccc(Br)s1. The van der Waals surface area contributed by atoms with E-state index in [1.54, 1.807) is 18.2 Å². The first-order chi connectivity index (χ1) is 8.58. The maximum absolute atomic E-state index is 13.5. The minimum atomic E-state index is -0.653. The van der Waals surface area contributed by atoms with Crippen LogP contribution in [0.1, 0.15) is 9.67 Å². The van der Waals surface area contributed by atoms with E-state index in [1.807, 2.05) is 0 Å². The molecule has 0 N–H and O–H groups in total. The average Bonchev–Trinajstić information content (AvgIpc) is 2.77. The molecule has 0 saturated carbocycles. The number of benzene rings is 1. The van der Waals surface area contributed by atoms with Gasteiger partial charge in [0.2, 0.25) is 5.78 Å². The van der Waals surface area contributed by atoms with Gasteiger partial charge in [-0.05, 0) is 40.2 Å². The van der Waals surface area contributed by atoms with Crippen molar-refractivity contribution in [2.75, 3.05) is 6.61 Å². The summed E-state index contributed by atoms with van der Waals surface area (Å²) in [6.07, 6.45) is 0. The average molecular weight is 350 g/mol. The quantitative estimate of drug-likeness (QED) is 0.756. The van der Waals surface area contributed by atoms with Crippen LogP contribution in [-0.4, -0.2) is 12.4 Å². The lowest BCUT2D eigenvalue weighted by molar-refractivity contribution is 0.0923. The molecule has 0 radical (unpaired) electrons. The molecule has 0 unspecified atom stereocenters. The molecule has 1 aromatic carbocycles. The molecular weight excluding hydrogens is 343 g/mol. The highest BCUT2D eigenvalue weighted by atomic mass is 79.9. The Kier molecular flexibility index (Phi) is 4.37. The first-order valence-corrected chi connectivity index (χ1v) is 6.92. The van der Waals surface area contributed by atoms with Gasteiger partial charge >= 0.3 is 0 Å². The third-order valence-electron chi connectivity index (χ3n) is 2.12. The zero-order chi connectivity index (χ0) is 13.1. The van der Waals surface area contributed by atoms with Gasteiger partial charge in [-0.15, -0.1) is 11.3 Å². The van der Waals surface area contributed by atoms with Crippen molar-refractivity contribution >= 4 is 44.7 Å². The van der Waals surface area contributed by atoms with Crippen LogP contribution in [0.15, 0.2) is 34.1 Å². The number of ketones is 1. The molecule has 2 aromatic rings. The Morgan fingerprint density at radius 1 is 1.39 bits per heavy atom. The highest BCUT2D eigenvalue weighted by Gasteiger charge is 2.12. The second-order valence-corrected chi connectivity index (χ2v) is 6.24. The maximum atomic E-state index is 13.5. The Labute approximate surface area is 120 Å². The van der Waals surface area contributed by atoms with E-state index < -0.39 is 5.82 Å². The molecule has 0 spiro atoms. The lowest BCUT2D eigenvalue weighted by atomic mass is 10.3. The lowest BCUT2D eigenvalue weighted by Crippen LogP contribution is -2.10. The summed E-state index contributed by atoms with van der Waals surface area (Å²) in [6.45, 7) is -0.218. The molecule has 2 rings (SSSR count). The van der Waals surface area contributed by atoms with Crippen LogP contribution in [0.4, 0.5) is 4.39 Å². The molecule has 1 heterocycles. The molecule has 0 saturated heterocycles. The second kappa shape index (κ2) is 5.82. The van der Waals surface area contributed by atoms with Crippen molar-refractivity contribution in [2.24, 2.45) is 0 Å². The first kappa shape index (κ1) is 13.5. The topological polar surface area (TPSA) is 26.3 Å². The summed E-state index contributed by atoms with van der Waals surface area (Å²) in [5.74, 6) is -0.879. The Bertz CT molecular complexity index is 585. The zero-order valence-electron chi connectivity index (χ0n) is 8.95. The van der Waals surface area contributed by atoms with E-state index in [9.17, 15) is 9.18 Å². The predicted molar refractivity (Wildman–Crippen MR) is 73.3 cm³/mol. The van der Waals surface area contributed by atoms with Crippen molar-refractivity contribution in [3.63, 3.8) is 0 Å². The van der Waals surface area contributed by atoms with Gasteiger partial charge in [0.1, 0.15) is 0 Å². The number of halogens is 3. The second-order valence-electron chi connectivity index (χ2n) is 3.37. The van der Waals surface area contributed by atoms with Gasteiger partial charge < -0.3 is 4.74 Å². The van der Waals surface area contributed by atoms with Crippen LogP contribution in [0.2, 0.25) is 5.02 Å². The van der Waals surface area contributed by atoms with Crippen molar-refractivity contribution in [3.8, 4) is 5.75 Å². The lowest BCUT2D eigenvalue weighted by Gasteiger charge is -2.06. The molecule has 0 amide bonds. The van der Waals surface area contributed by atoms with Crippen molar-refractivity contribution in [1.29, 1.82) is 0 Å². The van der Waals surface area contributed by atoms with Crippen molar-refractivity contribution in [2.45, 2.75) is 0 Å². The summed E-state index contributed by atoms with van der Waals surface area (Å²) in [5, 5.41) is -0.0289. The third kappa shape index (κ3) is 3.10. The zero-order valence-corrected chi connectivity index (χ0v) is 12.1. The molecule has 18 heavy (non-hydrogen) atoms. The van der Waals surface area contributed by atoms with E-state index in [0.717, 1.165) is 3.79 Å². The Balaban J connectivity index is 2.04. The van der Waals surface area contributed by atoms with Gasteiger partial charge in [0.15, 0.2) is 18.2 Å². The van der Waals surface area contributed by atoms with E-state index in [2.05, 4.69) is 15.9 Å². The molecular formula is C12H7BrClFO2S. The van der Waals surface area contributed by atoms with Crippen LogP contribution in [0.3, 0.4) is 0 Å². The number of rotatable bonds is 4. The third-order valence-corrected chi connectivity index (χ3v) is 4.08. The molecule has 0 fully saturated rings. The van der Waals surface area contributed by atoms with E-state index in [4.69, 9.17) is 16.3 Å². The van der Waals surface area contributed by atoms with Crippen LogP contribution < -0.4 is 4.74 Å². The molecule has 2 nitrogen and oxygen atoms in total. The fourth-order valence-electron chi connectivity index (χ4n) is 1.27. The van der Waals surface area contributed by atoms with Crippen molar-refractivity contribution in [3.05, 3.63) is 49.8 Å². The smallest absolute Gasteiger partial charge is 0.210 e. The van der Waals surface area contributed by atoms with Crippen LogP contribution in [0.5, 0.6) is 5.75 Å².